The minimum Gasteiger partial charge on any atom is -0.481 e. The Hall–Kier alpha value is -1.97. The zero-order valence-corrected chi connectivity index (χ0v) is 14.8. The van der Waals surface area contributed by atoms with Gasteiger partial charge >= 0.3 is 0 Å². The molecule has 1 saturated heterocycles. The quantitative estimate of drug-likeness (QED) is 0.875. The van der Waals surface area contributed by atoms with E-state index in [1.54, 1.807) is 6.07 Å². The van der Waals surface area contributed by atoms with E-state index in [0.717, 1.165) is 12.1 Å². The molecule has 2 aromatic rings. The van der Waals surface area contributed by atoms with Crippen molar-refractivity contribution in [2.45, 2.75) is 29.8 Å². The molecule has 1 N–H and O–H groups in total. The van der Waals surface area contributed by atoms with E-state index in [1.807, 2.05) is 6.20 Å². The first-order valence-corrected chi connectivity index (χ1v) is 9.66. The van der Waals surface area contributed by atoms with Gasteiger partial charge in [0.15, 0.2) is 0 Å². The molecular weight excluding hydrogens is 344 g/mol. The van der Waals surface area contributed by atoms with Gasteiger partial charge in [-0.1, -0.05) is 0 Å². The fraction of sp³-hybridized carbons (Fsp3) is 0.500. The Morgan fingerprint density at radius 1 is 1.28 bits per heavy atom. The largest absolute Gasteiger partial charge is 0.481 e. The second kappa shape index (κ2) is 6.08. The van der Waals surface area contributed by atoms with Gasteiger partial charge in [-0.05, 0) is 30.9 Å². The zero-order chi connectivity index (χ0) is 17.5. The van der Waals surface area contributed by atoms with Crippen LogP contribution in [0.3, 0.4) is 0 Å². The monoisotopic (exact) mass is 364 g/mol. The predicted octanol–water partition coefficient (Wildman–Crippen LogP) is 1.07. The number of fused-ring (bicyclic) bond motifs is 2. The Kier molecular flexibility index (Phi) is 4.01. The molecule has 0 bridgehead atoms. The topological polar surface area (TPSA) is 97.4 Å². The summed E-state index contributed by atoms with van der Waals surface area (Å²) in [7, 11) is -2.08. The lowest BCUT2D eigenvalue weighted by Crippen LogP contribution is -2.48. The molecule has 1 fully saturated rings. The second-order valence-electron chi connectivity index (χ2n) is 6.30. The SMILES string of the molecule is COc1ccc(S(=O)(=O)N2CCC3(CC2)OCCc2cn[nH]c23)cn1. The van der Waals surface area contributed by atoms with Gasteiger partial charge in [-0.15, -0.1) is 0 Å². The summed E-state index contributed by atoms with van der Waals surface area (Å²) in [6.45, 7) is 1.43. The van der Waals surface area contributed by atoms with E-state index in [4.69, 9.17) is 9.47 Å². The van der Waals surface area contributed by atoms with Crippen molar-refractivity contribution in [2.75, 3.05) is 26.8 Å². The van der Waals surface area contributed by atoms with Gasteiger partial charge in [0.25, 0.3) is 0 Å². The standard InChI is InChI=1S/C16H20N4O4S/c1-23-14-3-2-13(11-17-14)25(21,22)20-7-5-16(6-8-20)15-12(4-9-24-16)10-18-19-15/h2-3,10-11H,4-9H2,1H3,(H,18,19). The predicted molar refractivity (Wildman–Crippen MR) is 88.7 cm³/mol. The van der Waals surface area contributed by atoms with Crippen molar-refractivity contribution in [3.8, 4) is 5.88 Å². The van der Waals surface area contributed by atoms with Crippen molar-refractivity contribution < 1.29 is 17.9 Å². The lowest BCUT2D eigenvalue weighted by atomic mass is 9.84. The summed E-state index contributed by atoms with van der Waals surface area (Å²) in [6, 6.07) is 3.08. The fourth-order valence-corrected chi connectivity index (χ4v) is 4.98. The third-order valence-corrected chi connectivity index (χ3v) is 6.89. The van der Waals surface area contributed by atoms with Crippen LogP contribution in [0.5, 0.6) is 5.88 Å². The van der Waals surface area contributed by atoms with E-state index < -0.39 is 15.6 Å². The lowest BCUT2D eigenvalue weighted by molar-refractivity contribution is -0.0920. The van der Waals surface area contributed by atoms with Crippen LogP contribution in [0.4, 0.5) is 0 Å². The van der Waals surface area contributed by atoms with Crippen LogP contribution in [0.15, 0.2) is 29.4 Å². The van der Waals surface area contributed by atoms with Crippen molar-refractivity contribution >= 4 is 10.0 Å². The van der Waals surface area contributed by atoms with Gasteiger partial charge in [-0.2, -0.15) is 9.40 Å². The number of hydrogen-bond donors (Lipinski definition) is 1. The number of hydrogen-bond acceptors (Lipinski definition) is 6. The first-order chi connectivity index (χ1) is 12.0. The van der Waals surface area contributed by atoms with Gasteiger partial charge in [0.1, 0.15) is 10.5 Å². The molecule has 0 amide bonds. The molecule has 0 unspecified atom stereocenters. The summed E-state index contributed by atoms with van der Waals surface area (Å²) < 4.78 is 38.2. The number of ether oxygens (including phenoxy) is 2. The number of H-pyrrole nitrogens is 1. The molecule has 0 aromatic carbocycles. The van der Waals surface area contributed by atoms with E-state index in [1.165, 1.54) is 29.2 Å². The van der Waals surface area contributed by atoms with Gasteiger partial charge < -0.3 is 9.47 Å². The Labute approximate surface area is 146 Å². The van der Waals surface area contributed by atoms with Crippen LogP contribution in [0.25, 0.3) is 0 Å². The van der Waals surface area contributed by atoms with Crippen LogP contribution in [0, 0.1) is 0 Å². The number of rotatable bonds is 3. The first-order valence-electron chi connectivity index (χ1n) is 8.22. The van der Waals surface area contributed by atoms with Crippen LogP contribution >= 0.6 is 0 Å². The number of sulfonamides is 1. The molecule has 0 atom stereocenters. The number of aromatic nitrogens is 3. The van der Waals surface area contributed by atoms with E-state index in [2.05, 4.69) is 15.2 Å². The van der Waals surface area contributed by atoms with Crippen molar-refractivity contribution in [2.24, 2.45) is 0 Å². The molecule has 2 aliphatic heterocycles. The summed E-state index contributed by atoms with van der Waals surface area (Å²) in [5.41, 5.74) is 1.72. The average molecular weight is 364 g/mol. The van der Waals surface area contributed by atoms with Crippen LogP contribution < -0.4 is 4.74 Å². The number of nitrogens with one attached hydrogen (secondary N) is 1. The number of methoxy groups -OCH3 is 1. The normalized spacial score (nSPS) is 20.4. The van der Waals surface area contributed by atoms with E-state index in [9.17, 15) is 8.42 Å². The third kappa shape index (κ3) is 2.72. The highest BCUT2D eigenvalue weighted by atomic mass is 32.2. The number of aromatic amines is 1. The van der Waals surface area contributed by atoms with E-state index in [-0.39, 0.29) is 4.90 Å². The lowest BCUT2D eigenvalue weighted by Gasteiger charge is -2.42. The second-order valence-corrected chi connectivity index (χ2v) is 8.24. The van der Waals surface area contributed by atoms with Crippen LogP contribution in [-0.2, 0) is 26.8 Å². The van der Waals surface area contributed by atoms with Crippen molar-refractivity contribution in [3.63, 3.8) is 0 Å². The Morgan fingerprint density at radius 2 is 2.08 bits per heavy atom. The molecular formula is C16H20N4O4S. The molecule has 2 aromatic heterocycles. The van der Waals surface area contributed by atoms with Gasteiger partial charge in [0.05, 0.1) is 31.8 Å². The van der Waals surface area contributed by atoms with Gasteiger partial charge in [0, 0.05) is 19.2 Å². The highest BCUT2D eigenvalue weighted by molar-refractivity contribution is 7.89. The molecule has 8 nitrogen and oxygen atoms in total. The van der Waals surface area contributed by atoms with Crippen LogP contribution in [-0.4, -0.2) is 54.7 Å². The van der Waals surface area contributed by atoms with Gasteiger partial charge in [-0.25, -0.2) is 13.4 Å². The Bertz CT molecular complexity index is 855. The van der Waals surface area contributed by atoms with Crippen molar-refractivity contribution in [1.29, 1.82) is 0 Å². The minimum absolute atomic E-state index is 0.177. The van der Waals surface area contributed by atoms with E-state index in [0.29, 0.717) is 38.4 Å². The molecule has 1 spiro atoms. The molecule has 134 valence electrons. The number of nitrogens with zero attached hydrogens (tertiary/aromatic N) is 3. The van der Waals surface area contributed by atoms with Crippen molar-refractivity contribution in [1.82, 2.24) is 19.5 Å². The number of piperidine rings is 1. The summed E-state index contributed by atoms with van der Waals surface area (Å²) in [5, 5.41) is 7.18. The highest BCUT2D eigenvalue weighted by Crippen LogP contribution is 2.41. The first kappa shape index (κ1) is 16.5. The molecule has 25 heavy (non-hydrogen) atoms. The maximum absolute atomic E-state index is 12.8. The highest BCUT2D eigenvalue weighted by Gasteiger charge is 2.44. The van der Waals surface area contributed by atoms with Crippen LogP contribution in [0.1, 0.15) is 24.1 Å². The minimum atomic E-state index is -3.57. The molecule has 0 saturated carbocycles. The summed E-state index contributed by atoms with van der Waals surface area (Å²) in [6.07, 6.45) is 5.22. The fourth-order valence-electron chi connectivity index (χ4n) is 3.59. The average Bonchev–Trinajstić information content (AvgIpc) is 3.13. The smallest absolute Gasteiger partial charge is 0.244 e. The third-order valence-electron chi connectivity index (χ3n) is 5.01. The zero-order valence-electron chi connectivity index (χ0n) is 13.9. The maximum atomic E-state index is 12.8. The number of pyridine rings is 1. The maximum Gasteiger partial charge on any atom is 0.244 e. The van der Waals surface area contributed by atoms with Gasteiger partial charge in [-0.3, -0.25) is 5.10 Å². The van der Waals surface area contributed by atoms with Crippen molar-refractivity contribution in [3.05, 3.63) is 35.8 Å². The molecule has 0 aliphatic carbocycles. The van der Waals surface area contributed by atoms with E-state index >= 15 is 0 Å². The Morgan fingerprint density at radius 3 is 2.76 bits per heavy atom. The Balaban J connectivity index is 1.54. The van der Waals surface area contributed by atoms with Gasteiger partial charge in [0.2, 0.25) is 15.9 Å². The molecule has 9 heteroatoms. The summed E-state index contributed by atoms with van der Waals surface area (Å²) >= 11 is 0. The van der Waals surface area contributed by atoms with Crippen LogP contribution in [0.2, 0.25) is 0 Å². The summed E-state index contributed by atoms with van der Waals surface area (Å²) in [4.78, 5) is 4.18. The molecule has 4 heterocycles. The molecule has 4 rings (SSSR count). The molecule has 0 radical (unpaired) electrons. The summed E-state index contributed by atoms with van der Waals surface area (Å²) in [5.74, 6) is 0.388. The molecule has 2 aliphatic rings.